The Kier molecular flexibility index (Phi) is 1.85. The van der Waals surface area contributed by atoms with E-state index in [9.17, 15) is 0 Å². The summed E-state index contributed by atoms with van der Waals surface area (Å²) in [5.74, 6) is 0. The predicted molar refractivity (Wildman–Crippen MR) is 65.7 cm³/mol. The Bertz CT molecular complexity index is 664. The smallest absolute Gasteiger partial charge is 0.234 e. The summed E-state index contributed by atoms with van der Waals surface area (Å²) in [6.45, 7) is 4.21. The Balaban J connectivity index is 2.62. The summed E-state index contributed by atoms with van der Waals surface area (Å²) in [5, 5.41) is 2.46. The molecule has 0 amide bonds. The third kappa shape index (κ3) is 1.21. The van der Waals surface area contributed by atoms with Crippen molar-refractivity contribution < 1.29 is 4.57 Å². The molecule has 2 nitrogen and oxygen atoms in total. The molecule has 76 valence electrons. The van der Waals surface area contributed by atoms with Crippen molar-refractivity contribution >= 4 is 43.1 Å². The van der Waals surface area contributed by atoms with Gasteiger partial charge in [0.25, 0.3) is 5.52 Å². The summed E-state index contributed by atoms with van der Waals surface area (Å²) in [6, 6.07) is 4.38. The van der Waals surface area contributed by atoms with Crippen LogP contribution >= 0.6 is 22.7 Å². The van der Waals surface area contributed by atoms with Gasteiger partial charge in [-0.3, -0.25) is 0 Å². The van der Waals surface area contributed by atoms with E-state index in [2.05, 4.69) is 42.6 Å². The minimum absolute atomic E-state index is 1.14. The number of hydrogen-bond acceptors (Lipinski definition) is 3. The number of benzene rings is 1. The minimum atomic E-state index is 1.14. The first-order chi connectivity index (χ1) is 7.16. The molecule has 0 radical (unpaired) electrons. The van der Waals surface area contributed by atoms with Gasteiger partial charge in [0.1, 0.15) is 11.7 Å². The topological polar surface area (TPSA) is 16.8 Å². The number of thiazole rings is 2. The van der Waals surface area contributed by atoms with Crippen LogP contribution in [0.5, 0.6) is 0 Å². The van der Waals surface area contributed by atoms with Crippen molar-refractivity contribution in [3.8, 4) is 0 Å². The maximum atomic E-state index is 4.62. The third-order valence-corrected chi connectivity index (χ3v) is 4.72. The maximum absolute atomic E-state index is 4.62. The van der Waals surface area contributed by atoms with E-state index < -0.39 is 0 Å². The number of fused-ring (bicyclic) bond motifs is 3. The van der Waals surface area contributed by atoms with Crippen molar-refractivity contribution in [3.63, 3.8) is 0 Å². The van der Waals surface area contributed by atoms with Gasteiger partial charge in [-0.15, -0.1) is 11.3 Å². The molecular weight excluding hydrogens is 224 g/mol. The van der Waals surface area contributed by atoms with E-state index in [4.69, 9.17) is 0 Å². The van der Waals surface area contributed by atoms with Gasteiger partial charge in [0.2, 0.25) is 5.01 Å². The molecule has 0 aliphatic carbocycles. The lowest BCUT2D eigenvalue weighted by atomic mass is 10.3. The van der Waals surface area contributed by atoms with Crippen LogP contribution in [0.2, 0.25) is 0 Å². The van der Waals surface area contributed by atoms with Crippen LogP contribution in [0.4, 0.5) is 0 Å². The molecule has 3 aromatic rings. The van der Waals surface area contributed by atoms with Crippen molar-refractivity contribution in [2.24, 2.45) is 7.05 Å². The quantitative estimate of drug-likeness (QED) is 0.547. The SMILES string of the molecule is Cc1nc2c(ccc3sc(C)[n+](C)c32)s1. The van der Waals surface area contributed by atoms with Crippen LogP contribution in [-0.4, -0.2) is 4.98 Å². The molecular formula is C11H11N2S2+. The lowest BCUT2D eigenvalue weighted by molar-refractivity contribution is -0.645. The first kappa shape index (κ1) is 9.24. The number of rotatable bonds is 0. The monoisotopic (exact) mass is 235 g/mol. The zero-order chi connectivity index (χ0) is 10.6. The molecule has 0 saturated carbocycles. The van der Waals surface area contributed by atoms with Gasteiger partial charge in [0.05, 0.1) is 9.71 Å². The van der Waals surface area contributed by atoms with Crippen LogP contribution in [0.1, 0.15) is 10.0 Å². The second kappa shape index (κ2) is 3.00. The Labute approximate surface area is 95.8 Å². The summed E-state index contributed by atoms with van der Waals surface area (Å²) in [5.41, 5.74) is 2.43. The fourth-order valence-corrected chi connectivity index (χ4v) is 3.71. The molecule has 3 rings (SSSR count). The average Bonchev–Trinajstić information content (AvgIpc) is 2.68. The molecule has 15 heavy (non-hydrogen) atoms. The van der Waals surface area contributed by atoms with Crippen molar-refractivity contribution in [3.05, 3.63) is 22.1 Å². The second-order valence-corrected chi connectivity index (χ2v) is 6.14. The van der Waals surface area contributed by atoms with Crippen molar-refractivity contribution in [1.82, 2.24) is 4.98 Å². The lowest BCUT2D eigenvalue weighted by Crippen LogP contribution is -2.28. The number of aryl methyl sites for hydroxylation is 3. The molecule has 0 unspecified atom stereocenters. The van der Waals surface area contributed by atoms with E-state index in [1.165, 1.54) is 19.9 Å². The minimum Gasteiger partial charge on any atom is -0.234 e. The Morgan fingerprint density at radius 1 is 1.13 bits per heavy atom. The number of hydrogen-bond donors (Lipinski definition) is 0. The van der Waals surface area contributed by atoms with E-state index >= 15 is 0 Å². The summed E-state index contributed by atoms with van der Waals surface area (Å²) < 4.78 is 4.85. The van der Waals surface area contributed by atoms with Gasteiger partial charge in [0.15, 0.2) is 5.52 Å². The molecule has 4 heteroatoms. The normalized spacial score (nSPS) is 11.7. The third-order valence-electron chi connectivity index (χ3n) is 2.67. The van der Waals surface area contributed by atoms with Gasteiger partial charge in [0, 0.05) is 6.92 Å². The molecule has 1 aromatic carbocycles. The van der Waals surface area contributed by atoms with Crippen LogP contribution < -0.4 is 4.57 Å². The fourth-order valence-electron chi connectivity index (χ4n) is 1.86. The first-order valence-corrected chi connectivity index (χ1v) is 6.45. The standard InChI is InChI=1S/C11H11N2S2/c1-6-12-10-8(14-6)4-5-9-11(10)13(3)7(2)15-9/h4-5H,1-3H3/q+1. The van der Waals surface area contributed by atoms with Gasteiger partial charge in [-0.25, -0.2) is 4.98 Å². The predicted octanol–water partition coefficient (Wildman–Crippen LogP) is 2.95. The summed E-state index contributed by atoms with van der Waals surface area (Å²) >= 11 is 3.60. The molecule has 2 aromatic heterocycles. The Morgan fingerprint density at radius 2 is 1.87 bits per heavy atom. The summed E-state index contributed by atoms with van der Waals surface area (Å²) in [7, 11) is 2.11. The van der Waals surface area contributed by atoms with E-state index in [0.29, 0.717) is 0 Å². The van der Waals surface area contributed by atoms with Crippen LogP contribution in [0.15, 0.2) is 12.1 Å². The van der Waals surface area contributed by atoms with Gasteiger partial charge < -0.3 is 0 Å². The van der Waals surface area contributed by atoms with Crippen molar-refractivity contribution in [1.29, 1.82) is 0 Å². The zero-order valence-electron chi connectivity index (χ0n) is 8.87. The summed E-state index contributed by atoms with van der Waals surface area (Å²) in [4.78, 5) is 4.62. The molecule has 0 aliphatic heterocycles. The summed E-state index contributed by atoms with van der Waals surface area (Å²) in [6.07, 6.45) is 0. The highest BCUT2D eigenvalue weighted by molar-refractivity contribution is 7.20. The second-order valence-electron chi connectivity index (χ2n) is 3.67. The van der Waals surface area contributed by atoms with Crippen LogP contribution in [0.25, 0.3) is 20.4 Å². The molecule has 0 N–H and O–H groups in total. The Hall–Kier alpha value is -1.00. The first-order valence-electron chi connectivity index (χ1n) is 4.82. The molecule has 0 fully saturated rings. The van der Waals surface area contributed by atoms with E-state index in [-0.39, 0.29) is 0 Å². The number of nitrogens with zero attached hydrogens (tertiary/aromatic N) is 2. The molecule has 0 spiro atoms. The van der Waals surface area contributed by atoms with Crippen LogP contribution in [-0.2, 0) is 7.05 Å². The van der Waals surface area contributed by atoms with E-state index in [0.717, 1.165) is 10.5 Å². The molecule has 0 bridgehead atoms. The largest absolute Gasteiger partial charge is 0.250 e. The van der Waals surface area contributed by atoms with Crippen LogP contribution in [0, 0.1) is 13.8 Å². The van der Waals surface area contributed by atoms with Gasteiger partial charge in [-0.2, -0.15) is 4.57 Å². The van der Waals surface area contributed by atoms with Crippen LogP contribution in [0.3, 0.4) is 0 Å². The molecule has 0 aliphatic rings. The highest BCUT2D eigenvalue weighted by Gasteiger charge is 2.18. The van der Waals surface area contributed by atoms with E-state index in [1.54, 1.807) is 11.3 Å². The maximum Gasteiger partial charge on any atom is 0.250 e. The van der Waals surface area contributed by atoms with Gasteiger partial charge in [-0.05, 0) is 19.1 Å². The van der Waals surface area contributed by atoms with E-state index in [1.807, 2.05) is 11.3 Å². The number of aromatic nitrogens is 2. The molecule has 2 heterocycles. The molecule has 0 saturated heterocycles. The van der Waals surface area contributed by atoms with Gasteiger partial charge in [-0.1, -0.05) is 11.3 Å². The fraction of sp³-hybridized carbons (Fsp3) is 0.273. The van der Waals surface area contributed by atoms with Crippen molar-refractivity contribution in [2.45, 2.75) is 13.8 Å². The highest BCUT2D eigenvalue weighted by Crippen LogP contribution is 2.30. The highest BCUT2D eigenvalue weighted by atomic mass is 32.1. The average molecular weight is 235 g/mol. The lowest BCUT2D eigenvalue weighted by Gasteiger charge is -1.87. The van der Waals surface area contributed by atoms with Crippen molar-refractivity contribution in [2.75, 3.05) is 0 Å². The van der Waals surface area contributed by atoms with Gasteiger partial charge >= 0.3 is 0 Å². The Morgan fingerprint density at radius 3 is 2.67 bits per heavy atom. The molecule has 0 atom stereocenters. The zero-order valence-corrected chi connectivity index (χ0v) is 10.5.